The maximum absolute atomic E-state index is 13.5. The zero-order valence-electron chi connectivity index (χ0n) is 20.7. The molecule has 0 bridgehead atoms. The van der Waals surface area contributed by atoms with E-state index < -0.39 is 11.7 Å². The van der Waals surface area contributed by atoms with Crippen molar-refractivity contribution >= 4 is 34.9 Å². The van der Waals surface area contributed by atoms with Gasteiger partial charge in [0.25, 0.3) is 5.91 Å². The number of carbonyl (C=O) groups is 3. The van der Waals surface area contributed by atoms with Crippen molar-refractivity contribution in [3.05, 3.63) is 72.2 Å². The Bertz CT molecular complexity index is 1240. The molecule has 3 rings (SSSR count). The number of pyridine rings is 1. The molecule has 9 nitrogen and oxygen atoms in total. The molecular weight excluding hydrogens is 479 g/mol. The highest BCUT2D eigenvalue weighted by atomic mass is 19.1. The van der Waals surface area contributed by atoms with Crippen LogP contribution in [0, 0.1) is 5.82 Å². The zero-order chi connectivity index (χ0) is 26.6. The van der Waals surface area contributed by atoms with Crippen LogP contribution in [0.15, 0.2) is 60.8 Å². The van der Waals surface area contributed by atoms with E-state index in [1.807, 2.05) is 0 Å². The monoisotopic (exact) mass is 508 g/mol. The van der Waals surface area contributed by atoms with E-state index in [1.165, 1.54) is 18.2 Å². The number of carbonyl (C=O) groups excluding carboxylic acids is 3. The van der Waals surface area contributed by atoms with Crippen molar-refractivity contribution in [1.82, 2.24) is 4.98 Å². The first kappa shape index (κ1) is 27.1. The minimum Gasteiger partial charge on any atom is -0.492 e. The molecule has 0 saturated carbocycles. The molecule has 3 amide bonds. The molecule has 1 heterocycles. The minimum atomic E-state index is -0.528. The quantitative estimate of drug-likeness (QED) is 0.316. The van der Waals surface area contributed by atoms with Gasteiger partial charge in [-0.2, -0.15) is 0 Å². The Hall–Kier alpha value is -4.47. The molecule has 0 saturated heterocycles. The largest absolute Gasteiger partial charge is 0.492 e. The minimum absolute atomic E-state index is 0.100. The van der Waals surface area contributed by atoms with Gasteiger partial charge in [0.05, 0.1) is 24.6 Å². The van der Waals surface area contributed by atoms with Crippen molar-refractivity contribution in [2.45, 2.75) is 33.1 Å². The fourth-order valence-electron chi connectivity index (χ4n) is 3.39. The molecule has 0 spiro atoms. The van der Waals surface area contributed by atoms with Gasteiger partial charge in [0, 0.05) is 36.7 Å². The summed E-state index contributed by atoms with van der Waals surface area (Å²) >= 11 is 0. The highest BCUT2D eigenvalue weighted by molar-refractivity contribution is 6.05. The second-order valence-corrected chi connectivity index (χ2v) is 7.84. The smallest absolute Gasteiger partial charge is 0.255 e. The lowest BCUT2D eigenvalue weighted by Crippen LogP contribution is -2.17. The maximum atomic E-state index is 13.5. The molecule has 1 aromatic heterocycles. The topological polar surface area (TPSA) is 119 Å². The van der Waals surface area contributed by atoms with E-state index in [4.69, 9.17) is 9.47 Å². The predicted octanol–water partition coefficient (Wildman–Crippen LogP) is 5.02. The van der Waals surface area contributed by atoms with Gasteiger partial charge in [0.15, 0.2) is 0 Å². The Morgan fingerprint density at radius 1 is 0.811 bits per heavy atom. The van der Waals surface area contributed by atoms with Gasteiger partial charge in [-0.1, -0.05) is 12.1 Å². The first-order chi connectivity index (χ1) is 17.9. The number of hydrogen-bond acceptors (Lipinski definition) is 6. The Balaban J connectivity index is 1.67. The molecule has 10 heteroatoms. The van der Waals surface area contributed by atoms with Crippen molar-refractivity contribution in [2.75, 3.05) is 29.2 Å². The lowest BCUT2D eigenvalue weighted by molar-refractivity contribution is -0.117. The van der Waals surface area contributed by atoms with Crippen LogP contribution in [0.3, 0.4) is 0 Å². The zero-order valence-corrected chi connectivity index (χ0v) is 20.7. The second kappa shape index (κ2) is 13.6. The Kier molecular flexibility index (Phi) is 9.95. The highest BCUT2D eigenvalue weighted by Gasteiger charge is 2.17. The first-order valence-corrected chi connectivity index (χ1v) is 11.9. The van der Waals surface area contributed by atoms with Gasteiger partial charge in [0.1, 0.15) is 23.1 Å². The summed E-state index contributed by atoms with van der Waals surface area (Å²) in [7, 11) is 0. The fourth-order valence-corrected chi connectivity index (χ4v) is 3.39. The standard InChI is InChI=1S/C27H29FN4O5/c1-3-36-22-17-21(31-27(35)18-9-7-10-19(28)15-18)23(37-4-2)16-20(22)30-25(33)12-8-13-26(34)32-24-11-5-6-14-29-24/h5-7,9-11,14-17H,3-4,8,12-13H2,1-2H3,(H,30,33)(H,31,35)(H,29,32,34). The van der Waals surface area contributed by atoms with Gasteiger partial charge in [-0.15, -0.1) is 0 Å². The molecular formula is C27H29FN4O5. The third-order valence-corrected chi connectivity index (χ3v) is 5.03. The van der Waals surface area contributed by atoms with Gasteiger partial charge in [-0.25, -0.2) is 9.37 Å². The summed E-state index contributed by atoms with van der Waals surface area (Å²) in [6.07, 6.45) is 2.16. The van der Waals surface area contributed by atoms with E-state index in [0.29, 0.717) is 48.3 Å². The molecule has 0 aliphatic rings. The molecule has 0 unspecified atom stereocenters. The van der Waals surface area contributed by atoms with E-state index >= 15 is 0 Å². The molecule has 3 N–H and O–H groups in total. The maximum Gasteiger partial charge on any atom is 0.255 e. The summed E-state index contributed by atoms with van der Waals surface area (Å²) in [6.45, 7) is 4.17. The number of nitrogens with zero attached hydrogens (tertiary/aromatic N) is 1. The predicted molar refractivity (Wildman–Crippen MR) is 138 cm³/mol. The van der Waals surface area contributed by atoms with Gasteiger partial charge in [0.2, 0.25) is 11.8 Å². The van der Waals surface area contributed by atoms with Gasteiger partial charge < -0.3 is 25.4 Å². The average Bonchev–Trinajstić information content (AvgIpc) is 2.87. The third kappa shape index (κ3) is 8.31. The van der Waals surface area contributed by atoms with Crippen molar-refractivity contribution in [2.24, 2.45) is 0 Å². The van der Waals surface area contributed by atoms with Gasteiger partial charge >= 0.3 is 0 Å². The Labute approximate surface area is 214 Å². The number of ether oxygens (including phenoxy) is 2. The van der Waals surface area contributed by atoms with Crippen LogP contribution in [0.25, 0.3) is 0 Å². The Morgan fingerprint density at radius 3 is 2.05 bits per heavy atom. The number of anilines is 3. The normalized spacial score (nSPS) is 10.4. The molecule has 2 aromatic carbocycles. The van der Waals surface area contributed by atoms with Crippen LogP contribution >= 0.6 is 0 Å². The van der Waals surface area contributed by atoms with Crippen molar-refractivity contribution in [3.63, 3.8) is 0 Å². The summed E-state index contributed by atoms with van der Waals surface area (Å²) in [5, 5.41) is 8.17. The number of halogens is 1. The SMILES string of the molecule is CCOc1cc(NC(=O)c2cccc(F)c2)c(OCC)cc1NC(=O)CCCC(=O)Nc1ccccn1. The van der Waals surface area contributed by atoms with Crippen LogP contribution in [-0.4, -0.2) is 35.9 Å². The van der Waals surface area contributed by atoms with Crippen molar-refractivity contribution < 1.29 is 28.2 Å². The Morgan fingerprint density at radius 2 is 1.46 bits per heavy atom. The van der Waals surface area contributed by atoms with Crippen LogP contribution in [0.2, 0.25) is 0 Å². The number of nitrogens with one attached hydrogen (secondary N) is 3. The molecule has 0 atom stereocenters. The van der Waals surface area contributed by atoms with Crippen molar-refractivity contribution in [1.29, 1.82) is 0 Å². The third-order valence-electron chi connectivity index (χ3n) is 5.03. The highest BCUT2D eigenvalue weighted by Crippen LogP contribution is 2.37. The summed E-state index contributed by atoms with van der Waals surface area (Å²) in [6, 6.07) is 13.6. The lowest BCUT2D eigenvalue weighted by atomic mass is 10.1. The molecule has 0 radical (unpaired) electrons. The summed E-state index contributed by atoms with van der Waals surface area (Å²) in [5.74, 6) is -0.526. The van der Waals surface area contributed by atoms with Crippen LogP contribution in [0.1, 0.15) is 43.5 Å². The van der Waals surface area contributed by atoms with E-state index in [2.05, 4.69) is 20.9 Å². The summed E-state index contributed by atoms with van der Waals surface area (Å²) in [4.78, 5) is 41.4. The van der Waals surface area contributed by atoms with Crippen molar-refractivity contribution in [3.8, 4) is 11.5 Å². The number of benzene rings is 2. The number of hydrogen-bond donors (Lipinski definition) is 3. The molecule has 0 aliphatic heterocycles. The van der Waals surface area contributed by atoms with Crippen LogP contribution in [0.4, 0.5) is 21.6 Å². The number of amides is 3. The summed E-state index contributed by atoms with van der Waals surface area (Å²) in [5.41, 5.74) is 0.811. The molecule has 0 fully saturated rings. The lowest BCUT2D eigenvalue weighted by Gasteiger charge is -2.18. The van der Waals surface area contributed by atoms with E-state index in [1.54, 1.807) is 50.4 Å². The van der Waals surface area contributed by atoms with Crippen LogP contribution in [0.5, 0.6) is 11.5 Å². The first-order valence-electron chi connectivity index (χ1n) is 11.9. The molecule has 37 heavy (non-hydrogen) atoms. The van der Waals surface area contributed by atoms with E-state index in [-0.39, 0.29) is 30.2 Å². The summed E-state index contributed by atoms with van der Waals surface area (Å²) < 4.78 is 24.9. The second-order valence-electron chi connectivity index (χ2n) is 7.84. The molecule has 3 aromatic rings. The van der Waals surface area contributed by atoms with E-state index in [0.717, 1.165) is 6.07 Å². The number of rotatable bonds is 12. The molecule has 0 aliphatic carbocycles. The number of aromatic nitrogens is 1. The van der Waals surface area contributed by atoms with Crippen LogP contribution < -0.4 is 25.4 Å². The van der Waals surface area contributed by atoms with Gasteiger partial charge in [-0.05, 0) is 50.6 Å². The molecule has 194 valence electrons. The van der Waals surface area contributed by atoms with Gasteiger partial charge in [-0.3, -0.25) is 14.4 Å². The average molecular weight is 509 g/mol. The van der Waals surface area contributed by atoms with Crippen LogP contribution in [-0.2, 0) is 9.59 Å². The fraction of sp³-hybridized carbons (Fsp3) is 0.259. The van der Waals surface area contributed by atoms with E-state index in [9.17, 15) is 18.8 Å².